The van der Waals surface area contributed by atoms with E-state index in [1.807, 2.05) is 28.8 Å². The number of thioether (sulfide) groups is 1. The lowest BCUT2D eigenvalue weighted by Gasteiger charge is -2.09. The largest absolute Gasteiger partial charge is 0.329 e. The van der Waals surface area contributed by atoms with Crippen molar-refractivity contribution in [3.05, 3.63) is 55.7 Å². The van der Waals surface area contributed by atoms with Gasteiger partial charge in [-0.25, -0.2) is 9.78 Å². The lowest BCUT2D eigenvalue weighted by molar-refractivity contribution is 0.538. The number of aromatic nitrogens is 4. The van der Waals surface area contributed by atoms with Crippen LogP contribution >= 0.6 is 23.4 Å². The van der Waals surface area contributed by atoms with E-state index >= 15 is 0 Å². The number of fused-ring (bicyclic) bond motifs is 1. The highest BCUT2D eigenvalue weighted by molar-refractivity contribution is 7.98. The fourth-order valence-electron chi connectivity index (χ4n) is 3.52. The third kappa shape index (κ3) is 5.38. The van der Waals surface area contributed by atoms with Crippen molar-refractivity contribution in [2.75, 3.05) is 0 Å². The molecule has 0 fully saturated rings. The molecule has 0 aliphatic rings. The first-order chi connectivity index (χ1) is 14.5. The van der Waals surface area contributed by atoms with Crippen molar-refractivity contribution < 1.29 is 0 Å². The second-order valence-electron chi connectivity index (χ2n) is 7.54. The van der Waals surface area contributed by atoms with Gasteiger partial charge in [0.1, 0.15) is 0 Å². The van der Waals surface area contributed by atoms with E-state index in [-0.39, 0.29) is 5.56 Å². The number of nitrogens with zero attached hydrogens (tertiary/aromatic N) is 3. The molecule has 0 amide bonds. The molecule has 0 atom stereocenters. The van der Waals surface area contributed by atoms with Gasteiger partial charge in [-0.1, -0.05) is 87.0 Å². The quantitative estimate of drug-likeness (QED) is 0.326. The summed E-state index contributed by atoms with van der Waals surface area (Å²) < 4.78 is 3.36. The average Bonchev–Trinajstić information content (AvgIpc) is 3.10. The van der Waals surface area contributed by atoms with E-state index in [0.29, 0.717) is 28.5 Å². The smallest absolute Gasteiger partial charge is 0.313 e. The zero-order valence-corrected chi connectivity index (χ0v) is 19.2. The van der Waals surface area contributed by atoms with Gasteiger partial charge in [0.2, 0.25) is 0 Å². The van der Waals surface area contributed by atoms with E-state index in [1.165, 1.54) is 48.4 Å². The van der Waals surface area contributed by atoms with Crippen LogP contribution in [-0.2, 0) is 19.3 Å². The third-order valence-corrected chi connectivity index (χ3v) is 6.67. The minimum Gasteiger partial charge on any atom is -0.313 e. The van der Waals surface area contributed by atoms with Crippen LogP contribution in [0.15, 0.2) is 39.0 Å². The van der Waals surface area contributed by atoms with E-state index in [1.54, 1.807) is 7.05 Å². The van der Waals surface area contributed by atoms with Gasteiger partial charge >= 0.3 is 5.69 Å². The van der Waals surface area contributed by atoms with Crippen LogP contribution in [0.3, 0.4) is 0 Å². The second-order valence-corrected chi connectivity index (χ2v) is 8.89. The van der Waals surface area contributed by atoms with Crippen molar-refractivity contribution >= 4 is 34.5 Å². The van der Waals surface area contributed by atoms with Crippen molar-refractivity contribution in [2.45, 2.75) is 69.3 Å². The zero-order valence-electron chi connectivity index (χ0n) is 17.6. The number of nitrogens with one attached hydrogen (secondary N) is 1. The molecule has 2 heterocycles. The van der Waals surface area contributed by atoms with Gasteiger partial charge in [-0.05, 0) is 18.1 Å². The summed E-state index contributed by atoms with van der Waals surface area (Å²) in [6.45, 7) is 2.92. The Labute approximate surface area is 185 Å². The highest BCUT2D eigenvalue weighted by Gasteiger charge is 2.17. The van der Waals surface area contributed by atoms with Crippen molar-refractivity contribution in [3.63, 3.8) is 0 Å². The van der Waals surface area contributed by atoms with Crippen LogP contribution in [0, 0.1) is 0 Å². The molecule has 2 aromatic heterocycles. The summed E-state index contributed by atoms with van der Waals surface area (Å²) in [6, 6.07) is 7.72. The Morgan fingerprint density at radius 1 is 1.07 bits per heavy atom. The topological polar surface area (TPSA) is 72.7 Å². The predicted molar refractivity (Wildman–Crippen MR) is 125 cm³/mol. The van der Waals surface area contributed by atoms with Gasteiger partial charge in [0.25, 0.3) is 5.56 Å². The Balaban J connectivity index is 1.81. The molecule has 0 aliphatic heterocycles. The van der Waals surface area contributed by atoms with Crippen molar-refractivity contribution in [3.8, 4) is 0 Å². The summed E-state index contributed by atoms with van der Waals surface area (Å²) in [5, 5.41) is 1.45. The Morgan fingerprint density at radius 3 is 2.50 bits per heavy atom. The lowest BCUT2D eigenvalue weighted by atomic mass is 10.1. The number of aromatic amines is 1. The van der Waals surface area contributed by atoms with Gasteiger partial charge in [-0.3, -0.25) is 14.3 Å². The number of benzene rings is 1. The first-order valence-corrected chi connectivity index (χ1v) is 11.9. The van der Waals surface area contributed by atoms with Crippen LogP contribution in [0.2, 0.25) is 5.02 Å². The molecule has 0 bridgehead atoms. The molecule has 3 rings (SSSR count). The van der Waals surface area contributed by atoms with Crippen LogP contribution in [0.5, 0.6) is 0 Å². The fourth-order valence-corrected chi connectivity index (χ4v) is 4.82. The Bertz CT molecular complexity index is 1100. The zero-order chi connectivity index (χ0) is 21.5. The standard InChI is InChI=1S/C22H29ClN4O2S/c1-3-4-5-6-7-8-11-14-27-18-19(26(2)21(29)25-20(18)28)24-22(27)30-15-16-12-9-10-13-17(16)23/h9-10,12-13H,3-8,11,14-15H2,1-2H3,(H,25,28,29). The number of unbranched alkanes of at least 4 members (excludes halogenated alkanes) is 6. The highest BCUT2D eigenvalue weighted by Crippen LogP contribution is 2.28. The molecule has 8 heteroatoms. The Morgan fingerprint density at radius 2 is 1.77 bits per heavy atom. The molecule has 0 saturated heterocycles. The SMILES string of the molecule is CCCCCCCCCn1c(SCc2ccccc2Cl)nc2c1c(=O)[nH]c(=O)n2C. The molecule has 0 saturated carbocycles. The molecule has 3 aromatic rings. The number of hydrogen-bond donors (Lipinski definition) is 1. The number of rotatable bonds is 11. The fraction of sp³-hybridized carbons (Fsp3) is 0.500. The molecule has 0 aliphatic carbocycles. The molecule has 30 heavy (non-hydrogen) atoms. The number of H-pyrrole nitrogens is 1. The summed E-state index contributed by atoms with van der Waals surface area (Å²) in [7, 11) is 1.63. The Kier molecular flexibility index (Phi) is 8.22. The van der Waals surface area contributed by atoms with Gasteiger partial charge in [-0.2, -0.15) is 0 Å². The number of imidazole rings is 1. The van der Waals surface area contributed by atoms with E-state index in [4.69, 9.17) is 11.6 Å². The first-order valence-electron chi connectivity index (χ1n) is 10.6. The minimum atomic E-state index is -0.448. The van der Waals surface area contributed by atoms with Crippen molar-refractivity contribution in [1.29, 1.82) is 0 Å². The number of halogens is 1. The normalized spacial score (nSPS) is 11.4. The molecule has 162 valence electrons. The van der Waals surface area contributed by atoms with Gasteiger partial charge in [0.05, 0.1) is 0 Å². The first kappa shape index (κ1) is 22.7. The second kappa shape index (κ2) is 10.9. The van der Waals surface area contributed by atoms with Crippen LogP contribution in [0.25, 0.3) is 11.2 Å². The Hall–Kier alpha value is -1.99. The summed E-state index contributed by atoms with van der Waals surface area (Å²) >= 11 is 7.83. The monoisotopic (exact) mass is 448 g/mol. The summed E-state index contributed by atoms with van der Waals surface area (Å²) in [4.78, 5) is 31.6. The molecular weight excluding hydrogens is 420 g/mol. The van der Waals surface area contributed by atoms with Crippen molar-refractivity contribution in [2.24, 2.45) is 7.05 Å². The minimum absolute atomic E-state index is 0.381. The van der Waals surface area contributed by atoms with Crippen LogP contribution in [-0.4, -0.2) is 19.1 Å². The number of aryl methyl sites for hydroxylation is 2. The molecule has 0 spiro atoms. The van der Waals surface area contributed by atoms with E-state index in [9.17, 15) is 9.59 Å². The van der Waals surface area contributed by atoms with Crippen LogP contribution in [0.1, 0.15) is 57.4 Å². The summed E-state index contributed by atoms with van der Waals surface area (Å²) in [6.07, 6.45) is 8.35. The number of hydrogen-bond acceptors (Lipinski definition) is 4. The molecule has 1 N–H and O–H groups in total. The third-order valence-electron chi connectivity index (χ3n) is 5.27. The average molecular weight is 449 g/mol. The maximum atomic E-state index is 12.6. The molecule has 6 nitrogen and oxygen atoms in total. The lowest BCUT2D eigenvalue weighted by Crippen LogP contribution is -2.29. The van der Waals surface area contributed by atoms with Crippen LogP contribution < -0.4 is 11.2 Å². The van der Waals surface area contributed by atoms with E-state index in [2.05, 4.69) is 16.9 Å². The maximum absolute atomic E-state index is 12.6. The van der Waals surface area contributed by atoms with Gasteiger partial charge in [0.15, 0.2) is 16.3 Å². The van der Waals surface area contributed by atoms with Crippen molar-refractivity contribution in [1.82, 2.24) is 19.1 Å². The predicted octanol–water partition coefficient (Wildman–Crippen LogP) is 5.12. The van der Waals surface area contributed by atoms with Gasteiger partial charge in [0, 0.05) is 24.4 Å². The van der Waals surface area contributed by atoms with E-state index < -0.39 is 5.69 Å². The summed E-state index contributed by atoms with van der Waals surface area (Å²) in [5.41, 5.74) is 1.07. The van der Waals surface area contributed by atoms with Crippen LogP contribution in [0.4, 0.5) is 0 Å². The molecule has 0 radical (unpaired) electrons. The maximum Gasteiger partial charge on any atom is 0.329 e. The van der Waals surface area contributed by atoms with E-state index in [0.717, 1.165) is 23.6 Å². The van der Waals surface area contributed by atoms with Gasteiger partial charge in [-0.15, -0.1) is 0 Å². The highest BCUT2D eigenvalue weighted by atomic mass is 35.5. The molecule has 1 aromatic carbocycles. The van der Waals surface area contributed by atoms with Gasteiger partial charge < -0.3 is 4.57 Å². The summed E-state index contributed by atoms with van der Waals surface area (Å²) in [5.74, 6) is 0.645. The molecular formula is C22H29ClN4O2S. The molecule has 0 unspecified atom stereocenters.